The summed E-state index contributed by atoms with van der Waals surface area (Å²) in [4.78, 5) is 4.90. The number of rotatable bonds is 2. The van der Waals surface area contributed by atoms with Crippen LogP contribution in [-0.2, 0) is 0 Å². The molecule has 2 N–H and O–H groups in total. The minimum atomic E-state index is -0.285. The van der Waals surface area contributed by atoms with Crippen molar-refractivity contribution in [2.75, 3.05) is 0 Å². The number of nitrogens with zero attached hydrogens (tertiary/aromatic N) is 1. The van der Waals surface area contributed by atoms with Gasteiger partial charge in [-0.15, -0.1) is 11.3 Å². The quantitative estimate of drug-likeness (QED) is 0.848. The third-order valence-corrected chi connectivity index (χ3v) is 3.04. The molecule has 0 saturated carbocycles. The molecular formula is C11H11FN2S. The molecule has 4 heteroatoms. The fourth-order valence-electron chi connectivity index (χ4n) is 1.49. The molecule has 2 rings (SSSR count). The van der Waals surface area contributed by atoms with Crippen molar-refractivity contribution < 1.29 is 4.39 Å². The summed E-state index contributed by atoms with van der Waals surface area (Å²) in [6.45, 7) is 1.85. The lowest BCUT2D eigenvalue weighted by Crippen LogP contribution is -2.10. The van der Waals surface area contributed by atoms with E-state index in [0.717, 1.165) is 16.0 Å². The van der Waals surface area contributed by atoms with E-state index < -0.39 is 0 Å². The van der Waals surface area contributed by atoms with Crippen LogP contribution < -0.4 is 5.73 Å². The highest BCUT2D eigenvalue weighted by atomic mass is 32.1. The van der Waals surface area contributed by atoms with Gasteiger partial charge in [0.15, 0.2) is 0 Å². The molecule has 2 nitrogen and oxygen atoms in total. The molecule has 0 amide bonds. The average Bonchev–Trinajstić information content (AvgIpc) is 2.67. The second kappa shape index (κ2) is 4.08. The summed E-state index contributed by atoms with van der Waals surface area (Å²) in [5.74, 6) is -0.245. The second-order valence-corrected chi connectivity index (χ2v) is 4.36. The topological polar surface area (TPSA) is 38.9 Å². The van der Waals surface area contributed by atoms with Crippen molar-refractivity contribution in [2.24, 2.45) is 5.73 Å². The highest BCUT2D eigenvalue weighted by Gasteiger charge is 2.11. The number of hydrogen-bond acceptors (Lipinski definition) is 3. The molecule has 0 aliphatic rings. The first-order valence-corrected chi connectivity index (χ1v) is 5.46. The predicted octanol–water partition coefficient (Wildman–Crippen LogP) is 2.64. The van der Waals surface area contributed by atoms with Crippen molar-refractivity contribution in [3.05, 3.63) is 51.7 Å². The minimum Gasteiger partial charge on any atom is -0.320 e. The van der Waals surface area contributed by atoms with Crippen LogP contribution in [0.5, 0.6) is 0 Å². The van der Waals surface area contributed by atoms with Gasteiger partial charge in [0.05, 0.1) is 11.6 Å². The Bertz CT molecular complexity index is 433. The van der Waals surface area contributed by atoms with Crippen molar-refractivity contribution in [2.45, 2.75) is 13.0 Å². The Labute approximate surface area is 91.6 Å². The summed E-state index contributed by atoms with van der Waals surface area (Å²) in [5.41, 5.74) is 9.39. The van der Waals surface area contributed by atoms with E-state index in [1.165, 1.54) is 23.5 Å². The smallest absolute Gasteiger partial charge is 0.123 e. The van der Waals surface area contributed by atoms with E-state index in [1.54, 1.807) is 11.7 Å². The first-order valence-electron chi connectivity index (χ1n) is 4.58. The maximum atomic E-state index is 13.2. The van der Waals surface area contributed by atoms with E-state index in [2.05, 4.69) is 4.98 Å². The number of halogens is 1. The van der Waals surface area contributed by atoms with Crippen molar-refractivity contribution in [1.82, 2.24) is 4.98 Å². The van der Waals surface area contributed by atoms with Gasteiger partial charge in [0, 0.05) is 11.1 Å². The summed E-state index contributed by atoms with van der Waals surface area (Å²) in [6.07, 6.45) is 1.72. The molecule has 1 unspecified atom stereocenters. The van der Waals surface area contributed by atoms with E-state index >= 15 is 0 Å². The molecule has 0 aliphatic heterocycles. The van der Waals surface area contributed by atoms with Gasteiger partial charge in [-0.25, -0.2) is 4.39 Å². The number of aryl methyl sites for hydroxylation is 1. The molecule has 1 aromatic carbocycles. The van der Waals surface area contributed by atoms with E-state index in [4.69, 9.17) is 5.73 Å². The average molecular weight is 222 g/mol. The van der Waals surface area contributed by atoms with Crippen LogP contribution >= 0.6 is 11.3 Å². The Morgan fingerprint density at radius 2 is 2.20 bits per heavy atom. The van der Waals surface area contributed by atoms with Crippen LogP contribution in [-0.4, -0.2) is 4.98 Å². The van der Waals surface area contributed by atoms with Gasteiger partial charge >= 0.3 is 0 Å². The summed E-state index contributed by atoms with van der Waals surface area (Å²) >= 11 is 1.48. The fourth-order valence-corrected chi connectivity index (χ4v) is 2.14. The Hall–Kier alpha value is -1.26. The van der Waals surface area contributed by atoms with Gasteiger partial charge in [-0.05, 0) is 30.2 Å². The Morgan fingerprint density at radius 1 is 1.40 bits per heavy atom. The van der Waals surface area contributed by atoms with Gasteiger partial charge in [0.25, 0.3) is 0 Å². The summed E-state index contributed by atoms with van der Waals surface area (Å²) < 4.78 is 13.2. The summed E-state index contributed by atoms with van der Waals surface area (Å²) in [5, 5.41) is 0. The van der Waals surface area contributed by atoms with Crippen molar-refractivity contribution in [3.8, 4) is 0 Å². The molecule has 2 aromatic rings. The van der Waals surface area contributed by atoms with Crippen LogP contribution in [0.1, 0.15) is 22.0 Å². The molecule has 15 heavy (non-hydrogen) atoms. The van der Waals surface area contributed by atoms with Crippen molar-refractivity contribution in [1.29, 1.82) is 0 Å². The van der Waals surface area contributed by atoms with E-state index in [1.807, 2.05) is 13.0 Å². The van der Waals surface area contributed by atoms with Crippen LogP contribution in [0.4, 0.5) is 4.39 Å². The zero-order valence-corrected chi connectivity index (χ0v) is 9.09. The van der Waals surface area contributed by atoms with E-state index in [0.29, 0.717) is 0 Å². The van der Waals surface area contributed by atoms with Gasteiger partial charge < -0.3 is 5.73 Å². The van der Waals surface area contributed by atoms with Crippen LogP contribution in [0.2, 0.25) is 0 Å². The molecule has 0 bridgehead atoms. The molecule has 0 spiro atoms. The SMILES string of the molecule is Cc1cc(F)cc(C(N)c2cncs2)c1. The summed E-state index contributed by atoms with van der Waals surface area (Å²) in [7, 11) is 0. The third-order valence-electron chi connectivity index (χ3n) is 2.18. The lowest BCUT2D eigenvalue weighted by atomic mass is 10.0. The standard InChI is InChI=1S/C11H11FN2S/c1-7-2-8(4-9(12)3-7)11(13)10-5-14-6-15-10/h2-6,11H,13H2,1H3. The van der Waals surface area contributed by atoms with Crippen LogP contribution in [0.15, 0.2) is 29.9 Å². The predicted molar refractivity (Wildman–Crippen MR) is 59.3 cm³/mol. The highest BCUT2D eigenvalue weighted by molar-refractivity contribution is 7.09. The fraction of sp³-hybridized carbons (Fsp3) is 0.182. The Morgan fingerprint density at radius 3 is 2.80 bits per heavy atom. The molecule has 0 saturated heterocycles. The molecule has 0 radical (unpaired) electrons. The van der Waals surface area contributed by atoms with Crippen molar-refractivity contribution >= 4 is 11.3 Å². The normalized spacial score (nSPS) is 12.7. The summed E-state index contributed by atoms with van der Waals surface area (Å²) in [6, 6.07) is 4.57. The first kappa shape index (κ1) is 10.3. The van der Waals surface area contributed by atoms with E-state index in [-0.39, 0.29) is 11.9 Å². The molecule has 1 aromatic heterocycles. The number of hydrogen-bond donors (Lipinski definition) is 1. The van der Waals surface area contributed by atoms with Gasteiger partial charge in [-0.1, -0.05) is 6.07 Å². The highest BCUT2D eigenvalue weighted by Crippen LogP contribution is 2.23. The zero-order valence-electron chi connectivity index (χ0n) is 8.27. The number of benzene rings is 1. The Kier molecular flexibility index (Phi) is 2.79. The lowest BCUT2D eigenvalue weighted by molar-refractivity contribution is 0.622. The van der Waals surface area contributed by atoms with Crippen LogP contribution in [0.25, 0.3) is 0 Å². The molecule has 0 fully saturated rings. The first-order chi connectivity index (χ1) is 7.16. The minimum absolute atomic E-state index is 0.245. The van der Waals surface area contributed by atoms with Gasteiger partial charge in [-0.3, -0.25) is 4.98 Å². The maximum Gasteiger partial charge on any atom is 0.123 e. The molecule has 0 aliphatic carbocycles. The van der Waals surface area contributed by atoms with Crippen molar-refractivity contribution in [3.63, 3.8) is 0 Å². The Balaban J connectivity index is 2.37. The van der Waals surface area contributed by atoms with Gasteiger partial charge in [0.1, 0.15) is 5.82 Å². The van der Waals surface area contributed by atoms with Gasteiger partial charge in [0.2, 0.25) is 0 Å². The van der Waals surface area contributed by atoms with Crippen LogP contribution in [0.3, 0.4) is 0 Å². The van der Waals surface area contributed by atoms with E-state index in [9.17, 15) is 4.39 Å². The second-order valence-electron chi connectivity index (χ2n) is 3.44. The maximum absolute atomic E-state index is 13.2. The van der Waals surface area contributed by atoms with Crippen LogP contribution in [0, 0.1) is 12.7 Å². The monoisotopic (exact) mass is 222 g/mol. The number of thiazole rings is 1. The molecule has 1 atom stereocenters. The molecule has 78 valence electrons. The number of nitrogens with two attached hydrogens (primary N) is 1. The number of aromatic nitrogens is 1. The lowest BCUT2D eigenvalue weighted by Gasteiger charge is -2.10. The zero-order chi connectivity index (χ0) is 10.8. The van der Waals surface area contributed by atoms with Gasteiger partial charge in [-0.2, -0.15) is 0 Å². The third kappa shape index (κ3) is 2.22. The largest absolute Gasteiger partial charge is 0.320 e. The molecular weight excluding hydrogens is 211 g/mol. The molecule has 1 heterocycles.